The molecular weight excluding hydrogens is 302 g/mol. The Hall–Kier alpha value is -2.89. The number of amides is 1. The van der Waals surface area contributed by atoms with Crippen LogP contribution in [0.5, 0.6) is 0 Å². The smallest absolute Gasteiger partial charge is 0.254 e. The van der Waals surface area contributed by atoms with E-state index in [0.29, 0.717) is 18.7 Å². The van der Waals surface area contributed by atoms with E-state index in [1.165, 1.54) is 0 Å². The molecule has 0 radical (unpaired) electrons. The van der Waals surface area contributed by atoms with Crippen molar-refractivity contribution in [3.63, 3.8) is 0 Å². The van der Waals surface area contributed by atoms with E-state index in [1.807, 2.05) is 53.0 Å². The van der Waals surface area contributed by atoms with E-state index in [4.69, 9.17) is 0 Å². The molecule has 3 aromatic rings. The zero-order valence-electron chi connectivity index (χ0n) is 13.9. The van der Waals surface area contributed by atoms with Crippen LogP contribution in [-0.2, 0) is 13.6 Å². The Kier molecular flexibility index (Phi) is 4.74. The number of rotatable bonds is 6. The van der Waals surface area contributed by atoms with Crippen molar-refractivity contribution >= 4 is 5.91 Å². The van der Waals surface area contributed by atoms with Gasteiger partial charge in [0.05, 0.1) is 12.2 Å². The second kappa shape index (κ2) is 7.12. The van der Waals surface area contributed by atoms with Crippen LogP contribution in [0.3, 0.4) is 0 Å². The average molecular weight is 323 g/mol. The topological polar surface area (TPSA) is 66.8 Å². The Morgan fingerprint density at radius 2 is 2.00 bits per heavy atom. The number of benzene rings is 1. The van der Waals surface area contributed by atoms with Crippen molar-refractivity contribution in [2.45, 2.75) is 19.9 Å². The Morgan fingerprint density at radius 1 is 1.21 bits per heavy atom. The summed E-state index contributed by atoms with van der Waals surface area (Å²) in [6, 6.07) is 9.50. The van der Waals surface area contributed by atoms with E-state index in [1.54, 1.807) is 12.4 Å². The highest BCUT2D eigenvalue weighted by Crippen LogP contribution is 2.18. The molecule has 124 valence electrons. The van der Waals surface area contributed by atoms with Gasteiger partial charge in [-0.15, -0.1) is 0 Å². The molecule has 0 saturated heterocycles. The van der Waals surface area contributed by atoms with E-state index in [-0.39, 0.29) is 5.91 Å². The summed E-state index contributed by atoms with van der Waals surface area (Å²) in [5.74, 6) is 0.905. The summed E-state index contributed by atoms with van der Waals surface area (Å²) in [6.45, 7) is 3.28. The number of nitrogens with zero attached hydrogens (tertiary/aromatic N) is 4. The van der Waals surface area contributed by atoms with E-state index < -0.39 is 0 Å². The van der Waals surface area contributed by atoms with Gasteiger partial charge >= 0.3 is 0 Å². The number of aromatic amines is 1. The van der Waals surface area contributed by atoms with Crippen molar-refractivity contribution in [3.8, 4) is 11.3 Å². The lowest BCUT2D eigenvalue weighted by Gasteiger charge is -2.22. The number of carbonyl (C=O) groups excluding carboxylic acids is 1. The molecule has 0 aliphatic heterocycles. The summed E-state index contributed by atoms with van der Waals surface area (Å²) in [5, 5.41) is 6.87. The van der Waals surface area contributed by atoms with Gasteiger partial charge < -0.3 is 9.47 Å². The first kappa shape index (κ1) is 16.0. The van der Waals surface area contributed by atoms with Crippen LogP contribution in [0.2, 0.25) is 0 Å². The summed E-state index contributed by atoms with van der Waals surface area (Å²) in [7, 11) is 1.94. The summed E-state index contributed by atoms with van der Waals surface area (Å²) in [4.78, 5) is 19.0. The number of nitrogens with one attached hydrogen (secondary N) is 1. The quantitative estimate of drug-likeness (QED) is 0.758. The predicted molar refractivity (Wildman–Crippen MR) is 92.3 cm³/mol. The maximum atomic E-state index is 12.8. The predicted octanol–water partition coefficient (Wildman–Crippen LogP) is 2.86. The molecule has 1 amide bonds. The van der Waals surface area contributed by atoms with Crippen LogP contribution in [0.25, 0.3) is 11.3 Å². The molecule has 2 heterocycles. The summed E-state index contributed by atoms with van der Waals surface area (Å²) in [6.07, 6.45) is 6.26. The molecule has 1 N–H and O–H groups in total. The first-order valence-electron chi connectivity index (χ1n) is 8.04. The second-order valence-electron chi connectivity index (χ2n) is 5.73. The van der Waals surface area contributed by atoms with Crippen LogP contribution in [0.1, 0.15) is 29.5 Å². The fourth-order valence-electron chi connectivity index (χ4n) is 2.63. The molecule has 0 aliphatic rings. The van der Waals surface area contributed by atoms with Crippen molar-refractivity contribution in [1.82, 2.24) is 24.6 Å². The van der Waals surface area contributed by atoms with Gasteiger partial charge in [-0.25, -0.2) is 4.98 Å². The minimum absolute atomic E-state index is 0.0241. The fourth-order valence-corrected chi connectivity index (χ4v) is 2.63. The SMILES string of the molecule is CCCN(Cc1nccn1C)C(=O)c1ccc(-c2ccn[nH]2)cc1. The zero-order chi connectivity index (χ0) is 16.9. The molecule has 0 aliphatic carbocycles. The minimum atomic E-state index is 0.0241. The normalized spacial score (nSPS) is 10.8. The molecule has 1 aromatic carbocycles. The third-order valence-corrected chi connectivity index (χ3v) is 3.98. The van der Waals surface area contributed by atoms with Crippen LogP contribution < -0.4 is 0 Å². The van der Waals surface area contributed by atoms with Gasteiger partial charge in [0.1, 0.15) is 5.82 Å². The van der Waals surface area contributed by atoms with Gasteiger partial charge in [-0.05, 0) is 30.2 Å². The van der Waals surface area contributed by atoms with E-state index >= 15 is 0 Å². The lowest BCUT2D eigenvalue weighted by atomic mass is 10.1. The molecule has 3 rings (SSSR count). The third-order valence-electron chi connectivity index (χ3n) is 3.98. The van der Waals surface area contributed by atoms with Crippen molar-refractivity contribution < 1.29 is 4.79 Å². The molecule has 24 heavy (non-hydrogen) atoms. The molecule has 0 bridgehead atoms. The molecule has 0 unspecified atom stereocenters. The number of hydrogen-bond donors (Lipinski definition) is 1. The summed E-state index contributed by atoms with van der Waals surface area (Å²) in [5.41, 5.74) is 2.63. The van der Waals surface area contributed by atoms with Gasteiger partial charge in [-0.2, -0.15) is 5.10 Å². The number of aryl methyl sites for hydroxylation is 1. The molecule has 0 spiro atoms. The van der Waals surface area contributed by atoms with Crippen molar-refractivity contribution in [2.75, 3.05) is 6.54 Å². The maximum Gasteiger partial charge on any atom is 0.254 e. The highest BCUT2D eigenvalue weighted by atomic mass is 16.2. The summed E-state index contributed by atoms with van der Waals surface area (Å²) >= 11 is 0. The maximum absolute atomic E-state index is 12.8. The van der Waals surface area contributed by atoms with Crippen molar-refractivity contribution in [1.29, 1.82) is 0 Å². The lowest BCUT2D eigenvalue weighted by Crippen LogP contribution is -2.32. The number of carbonyl (C=O) groups is 1. The van der Waals surface area contributed by atoms with Crippen LogP contribution in [0.4, 0.5) is 0 Å². The van der Waals surface area contributed by atoms with Gasteiger partial charge in [0.15, 0.2) is 0 Å². The minimum Gasteiger partial charge on any atom is -0.337 e. The lowest BCUT2D eigenvalue weighted by molar-refractivity contribution is 0.0737. The first-order valence-corrected chi connectivity index (χ1v) is 8.04. The molecule has 0 saturated carbocycles. The Balaban J connectivity index is 1.78. The van der Waals surface area contributed by atoms with E-state index in [2.05, 4.69) is 22.1 Å². The number of hydrogen-bond acceptors (Lipinski definition) is 3. The third kappa shape index (κ3) is 3.37. The van der Waals surface area contributed by atoms with Crippen molar-refractivity contribution in [3.05, 3.63) is 60.3 Å². The number of aromatic nitrogens is 4. The fraction of sp³-hybridized carbons (Fsp3) is 0.278. The zero-order valence-corrected chi connectivity index (χ0v) is 13.9. The van der Waals surface area contributed by atoms with Crippen LogP contribution in [0, 0.1) is 0 Å². The highest BCUT2D eigenvalue weighted by molar-refractivity contribution is 5.94. The molecular formula is C18H21N5O. The van der Waals surface area contributed by atoms with E-state index in [9.17, 15) is 4.79 Å². The summed E-state index contributed by atoms with van der Waals surface area (Å²) < 4.78 is 1.94. The molecule has 0 atom stereocenters. The molecule has 6 nitrogen and oxygen atoms in total. The highest BCUT2D eigenvalue weighted by Gasteiger charge is 2.17. The van der Waals surface area contributed by atoms with Gasteiger partial charge in [-0.3, -0.25) is 9.89 Å². The first-order chi connectivity index (χ1) is 11.7. The number of imidazole rings is 1. The van der Waals surface area contributed by atoms with Gasteiger partial charge in [0, 0.05) is 37.7 Å². The van der Waals surface area contributed by atoms with Crippen LogP contribution >= 0.6 is 0 Å². The van der Waals surface area contributed by atoms with Crippen LogP contribution in [0.15, 0.2) is 48.9 Å². The molecule has 2 aromatic heterocycles. The second-order valence-corrected chi connectivity index (χ2v) is 5.73. The largest absolute Gasteiger partial charge is 0.337 e. The average Bonchev–Trinajstić information content (AvgIpc) is 3.26. The standard InChI is InChI=1S/C18H21N5O/c1-3-11-23(13-17-19-10-12-22(17)2)18(24)15-6-4-14(5-7-15)16-8-9-20-21-16/h4-10,12H,3,11,13H2,1-2H3,(H,20,21). The van der Waals surface area contributed by atoms with E-state index in [0.717, 1.165) is 23.5 Å². The van der Waals surface area contributed by atoms with Gasteiger partial charge in [0.25, 0.3) is 5.91 Å². The van der Waals surface area contributed by atoms with Crippen LogP contribution in [-0.4, -0.2) is 37.1 Å². The van der Waals surface area contributed by atoms with Gasteiger partial charge in [0.2, 0.25) is 0 Å². The molecule has 6 heteroatoms. The van der Waals surface area contributed by atoms with Crippen molar-refractivity contribution in [2.24, 2.45) is 7.05 Å². The Labute approximate surface area is 141 Å². The number of H-pyrrole nitrogens is 1. The Bertz CT molecular complexity index is 789. The monoisotopic (exact) mass is 323 g/mol. The Morgan fingerprint density at radius 3 is 2.58 bits per heavy atom. The van der Waals surface area contributed by atoms with Gasteiger partial charge in [-0.1, -0.05) is 19.1 Å². The molecule has 0 fully saturated rings.